The molecule has 0 aliphatic rings. The fourth-order valence-electron chi connectivity index (χ4n) is 1.56. The first-order chi connectivity index (χ1) is 7.31. The van der Waals surface area contributed by atoms with Crippen LogP contribution in [0.25, 0.3) is 11.3 Å². The van der Waals surface area contributed by atoms with E-state index in [-0.39, 0.29) is 6.01 Å². The zero-order valence-electron chi connectivity index (χ0n) is 8.31. The van der Waals surface area contributed by atoms with Gasteiger partial charge in [-0.25, -0.2) is 0 Å². The van der Waals surface area contributed by atoms with Gasteiger partial charge in [-0.15, -0.1) is 0 Å². The van der Waals surface area contributed by atoms with E-state index in [9.17, 15) is 0 Å². The number of rotatable bonds is 3. The number of benzene rings is 1. The van der Waals surface area contributed by atoms with E-state index in [0.717, 1.165) is 23.2 Å². The summed E-state index contributed by atoms with van der Waals surface area (Å²) in [6, 6.07) is 8.15. The van der Waals surface area contributed by atoms with Crippen LogP contribution in [0.15, 0.2) is 34.9 Å². The fraction of sp³-hybridized carbons (Fsp3) is 0.182. The predicted octanol–water partition coefficient (Wildman–Crippen LogP) is 1.43. The van der Waals surface area contributed by atoms with Gasteiger partial charge in [0.15, 0.2) is 0 Å². The van der Waals surface area contributed by atoms with Crippen LogP contribution in [-0.2, 0) is 6.42 Å². The largest absolute Gasteiger partial charge is 0.432 e. The van der Waals surface area contributed by atoms with Gasteiger partial charge >= 0.3 is 0 Å². The molecule has 0 fully saturated rings. The lowest BCUT2D eigenvalue weighted by molar-refractivity contribution is 0.581. The molecule has 0 radical (unpaired) electrons. The first kappa shape index (κ1) is 9.73. The number of hydrogen-bond acceptors (Lipinski definition) is 4. The molecule has 0 saturated carbocycles. The summed E-state index contributed by atoms with van der Waals surface area (Å²) in [4.78, 5) is 4.09. The number of aromatic nitrogens is 1. The van der Waals surface area contributed by atoms with E-state index >= 15 is 0 Å². The predicted molar refractivity (Wildman–Crippen MR) is 59.1 cm³/mol. The minimum Gasteiger partial charge on any atom is -0.432 e. The van der Waals surface area contributed by atoms with Crippen LogP contribution in [0.2, 0.25) is 0 Å². The summed E-state index contributed by atoms with van der Waals surface area (Å²) >= 11 is 0. The quantitative estimate of drug-likeness (QED) is 0.790. The molecule has 2 aromatic rings. The highest BCUT2D eigenvalue weighted by atomic mass is 16.4. The van der Waals surface area contributed by atoms with E-state index in [4.69, 9.17) is 15.9 Å². The van der Waals surface area contributed by atoms with Gasteiger partial charge in [-0.3, -0.25) is 0 Å². The van der Waals surface area contributed by atoms with Crippen LogP contribution in [0.3, 0.4) is 0 Å². The maximum absolute atomic E-state index is 5.54. The van der Waals surface area contributed by atoms with Crippen LogP contribution in [0.1, 0.15) is 5.56 Å². The Morgan fingerprint density at radius 2 is 2.07 bits per heavy atom. The Morgan fingerprint density at radius 3 is 2.73 bits per heavy atom. The van der Waals surface area contributed by atoms with Gasteiger partial charge in [0.05, 0.1) is 0 Å². The lowest BCUT2D eigenvalue weighted by Crippen LogP contribution is -2.03. The van der Waals surface area contributed by atoms with Crippen LogP contribution in [0.5, 0.6) is 0 Å². The first-order valence-corrected chi connectivity index (χ1v) is 4.80. The minimum atomic E-state index is 0.188. The maximum atomic E-state index is 5.54. The molecule has 4 heteroatoms. The summed E-state index contributed by atoms with van der Waals surface area (Å²) in [6.07, 6.45) is 2.38. The second-order valence-electron chi connectivity index (χ2n) is 3.27. The van der Waals surface area contributed by atoms with Gasteiger partial charge in [0.1, 0.15) is 12.0 Å². The molecule has 15 heavy (non-hydrogen) atoms. The molecule has 1 heterocycles. The van der Waals surface area contributed by atoms with Gasteiger partial charge in [0, 0.05) is 5.56 Å². The number of hydrogen-bond donors (Lipinski definition) is 2. The summed E-state index contributed by atoms with van der Waals surface area (Å²) in [5, 5.41) is 0. The molecule has 0 aliphatic carbocycles. The average Bonchev–Trinajstić information content (AvgIpc) is 2.66. The highest BCUT2D eigenvalue weighted by Gasteiger charge is 2.07. The van der Waals surface area contributed by atoms with Gasteiger partial charge in [0.25, 0.3) is 6.01 Å². The number of nitrogen functional groups attached to an aromatic ring is 1. The number of oxazole rings is 1. The van der Waals surface area contributed by atoms with Crippen molar-refractivity contribution < 1.29 is 4.42 Å². The van der Waals surface area contributed by atoms with E-state index in [1.54, 1.807) is 6.26 Å². The topological polar surface area (TPSA) is 78.1 Å². The molecule has 4 nitrogen and oxygen atoms in total. The van der Waals surface area contributed by atoms with Crippen molar-refractivity contribution in [3.8, 4) is 11.3 Å². The molecule has 1 aromatic heterocycles. The first-order valence-electron chi connectivity index (χ1n) is 4.80. The van der Waals surface area contributed by atoms with Gasteiger partial charge in [-0.1, -0.05) is 24.3 Å². The lowest BCUT2D eigenvalue weighted by Gasteiger charge is -2.04. The minimum absolute atomic E-state index is 0.188. The standard InChI is InChI=1S/C11H13N3O/c12-6-5-8-3-1-2-4-9(8)10-7-15-11(13)14-10/h1-4,7H,5-6,12H2,(H2,13,14). The van der Waals surface area contributed by atoms with Crippen molar-refractivity contribution in [3.05, 3.63) is 36.1 Å². The molecular weight excluding hydrogens is 190 g/mol. The number of nitrogens with zero attached hydrogens (tertiary/aromatic N) is 1. The van der Waals surface area contributed by atoms with Crippen molar-refractivity contribution in [2.45, 2.75) is 6.42 Å². The van der Waals surface area contributed by atoms with Crippen molar-refractivity contribution in [2.75, 3.05) is 12.3 Å². The molecule has 1 aromatic carbocycles. The van der Waals surface area contributed by atoms with Gasteiger partial charge in [-0.05, 0) is 18.5 Å². The Hall–Kier alpha value is -1.81. The Labute approximate surface area is 87.9 Å². The van der Waals surface area contributed by atoms with Gasteiger partial charge < -0.3 is 15.9 Å². The summed E-state index contributed by atoms with van der Waals surface area (Å²) in [6.45, 7) is 0.615. The average molecular weight is 203 g/mol. The number of anilines is 1. The molecule has 4 N–H and O–H groups in total. The normalized spacial score (nSPS) is 10.5. The summed E-state index contributed by atoms with van der Waals surface area (Å²) in [5.41, 5.74) is 13.9. The van der Waals surface area contributed by atoms with E-state index < -0.39 is 0 Å². The zero-order valence-corrected chi connectivity index (χ0v) is 8.31. The lowest BCUT2D eigenvalue weighted by atomic mass is 10.0. The van der Waals surface area contributed by atoms with Crippen molar-refractivity contribution in [1.29, 1.82) is 0 Å². The molecule has 0 aliphatic heterocycles. The van der Waals surface area contributed by atoms with Gasteiger partial charge in [-0.2, -0.15) is 4.98 Å². The van der Waals surface area contributed by atoms with E-state index in [1.165, 1.54) is 0 Å². The Bertz CT molecular complexity index is 451. The third-order valence-electron chi connectivity index (χ3n) is 2.23. The van der Waals surface area contributed by atoms with Crippen LogP contribution in [0, 0.1) is 0 Å². The molecular formula is C11H13N3O. The van der Waals surface area contributed by atoms with E-state index in [2.05, 4.69) is 4.98 Å². The SMILES string of the molecule is NCCc1ccccc1-c1coc(N)n1. The van der Waals surface area contributed by atoms with Crippen molar-refractivity contribution in [3.63, 3.8) is 0 Å². The molecule has 78 valence electrons. The molecule has 0 amide bonds. The van der Waals surface area contributed by atoms with Crippen molar-refractivity contribution in [1.82, 2.24) is 4.98 Å². The third-order valence-corrected chi connectivity index (χ3v) is 2.23. The van der Waals surface area contributed by atoms with Crippen molar-refractivity contribution >= 4 is 6.01 Å². The fourth-order valence-corrected chi connectivity index (χ4v) is 1.56. The molecule has 0 spiro atoms. The van der Waals surface area contributed by atoms with E-state index in [1.807, 2.05) is 24.3 Å². The van der Waals surface area contributed by atoms with Crippen LogP contribution < -0.4 is 11.5 Å². The Morgan fingerprint density at radius 1 is 1.27 bits per heavy atom. The Kier molecular flexibility index (Phi) is 2.69. The van der Waals surface area contributed by atoms with Crippen molar-refractivity contribution in [2.24, 2.45) is 5.73 Å². The highest BCUT2D eigenvalue weighted by Crippen LogP contribution is 2.23. The van der Waals surface area contributed by atoms with Crippen LogP contribution in [-0.4, -0.2) is 11.5 Å². The summed E-state index contributed by atoms with van der Waals surface area (Å²) in [5.74, 6) is 0. The molecule has 0 bridgehead atoms. The second kappa shape index (κ2) is 4.14. The van der Waals surface area contributed by atoms with E-state index in [0.29, 0.717) is 6.54 Å². The third kappa shape index (κ3) is 1.99. The number of nitrogens with two attached hydrogens (primary N) is 2. The molecule has 2 rings (SSSR count). The molecule has 0 saturated heterocycles. The van der Waals surface area contributed by atoms with Crippen LogP contribution >= 0.6 is 0 Å². The smallest absolute Gasteiger partial charge is 0.292 e. The summed E-state index contributed by atoms with van der Waals surface area (Å²) < 4.78 is 4.99. The summed E-state index contributed by atoms with van der Waals surface area (Å²) in [7, 11) is 0. The zero-order chi connectivity index (χ0) is 10.7. The van der Waals surface area contributed by atoms with Crippen LogP contribution in [0.4, 0.5) is 6.01 Å². The monoisotopic (exact) mass is 203 g/mol. The molecule has 0 unspecified atom stereocenters. The van der Waals surface area contributed by atoms with Gasteiger partial charge in [0.2, 0.25) is 0 Å². The Balaban J connectivity index is 2.42. The second-order valence-corrected chi connectivity index (χ2v) is 3.27. The molecule has 0 atom stereocenters. The highest BCUT2D eigenvalue weighted by molar-refractivity contribution is 5.63. The maximum Gasteiger partial charge on any atom is 0.292 e.